The molecule has 0 saturated carbocycles. The molecular weight excluding hydrogens is 448 g/mol. The zero-order chi connectivity index (χ0) is 24.2. The predicted molar refractivity (Wildman–Crippen MR) is 137 cm³/mol. The lowest BCUT2D eigenvalue weighted by molar-refractivity contribution is -0.124. The van der Waals surface area contributed by atoms with Gasteiger partial charge in [-0.2, -0.15) is 0 Å². The van der Waals surface area contributed by atoms with Crippen molar-refractivity contribution < 1.29 is 9.59 Å². The first-order valence-corrected chi connectivity index (χ1v) is 12.3. The van der Waals surface area contributed by atoms with Gasteiger partial charge in [0.2, 0.25) is 0 Å². The Hall–Kier alpha value is -2.98. The molecule has 8 nitrogen and oxygen atoms in total. The van der Waals surface area contributed by atoms with Gasteiger partial charge in [-0.05, 0) is 48.7 Å². The summed E-state index contributed by atoms with van der Waals surface area (Å²) in [6, 6.07) is 10.1. The molecule has 1 amide bonds. The van der Waals surface area contributed by atoms with Crippen LogP contribution >= 0.6 is 11.3 Å². The number of benzene rings is 2. The number of hydrogen-bond donors (Lipinski definition) is 5. The monoisotopic (exact) mass is 478 g/mol. The second-order valence-electron chi connectivity index (χ2n) is 9.36. The predicted octanol–water partition coefficient (Wildman–Crippen LogP) is 1.82. The van der Waals surface area contributed by atoms with Crippen LogP contribution in [0.3, 0.4) is 0 Å². The van der Waals surface area contributed by atoms with E-state index in [-0.39, 0.29) is 17.7 Å². The number of Topliss-reactive ketones (excluding diaryl/α,β-unsaturated/α-hetero) is 1. The molecule has 2 heterocycles. The van der Waals surface area contributed by atoms with Crippen molar-refractivity contribution in [1.29, 1.82) is 0 Å². The number of anilines is 2. The van der Waals surface area contributed by atoms with E-state index >= 15 is 0 Å². The molecule has 2 aliphatic rings. The Balaban J connectivity index is 1.66. The highest BCUT2D eigenvalue weighted by atomic mass is 32.1. The average Bonchev–Trinajstić information content (AvgIpc) is 3.25. The molecular formula is C25H30N6O2S. The molecule has 1 fully saturated rings. The highest BCUT2D eigenvalue weighted by Crippen LogP contribution is 2.49. The summed E-state index contributed by atoms with van der Waals surface area (Å²) in [5, 5.41) is 7.13. The number of thiophene rings is 1. The van der Waals surface area contributed by atoms with Crippen molar-refractivity contribution in [3.8, 4) is 0 Å². The van der Waals surface area contributed by atoms with E-state index in [1.807, 2.05) is 43.3 Å². The number of amides is 1. The van der Waals surface area contributed by atoms with Crippen molar-refractivity contribution >= 4 is 44.5 Å². The molecule has 0 spiro atoms. The van der Waals surface area contributed by atoms with Gasteiger partial charge in [0, 0.05) is 49.0 Å². The van der Waals surface area contributed by atoms with Gasteiger partial charge in [0.25, 0.3) is 5.91 Å². The Morgan fingerprint density at radius 1 is 1.21 bits per heavy atom. The molecule has 3 atom stereocenters. The van der Waals surface area contributed by atoms with E-state index in [2.05, 4.69) is 10.6 Å². The van der Waals surface area contributed by atoms with Crippen molar-refractivity contribution in [2.75, 3.05) is 37.8 Å². The van der Waals surface area contributed by atoms with Crippen LogP contribution in [0.2, 0.25) is 0 Å². The van der Waals surface area contributed by atoms with Crippen LogP contribution in [0.25, 0.3) is 10.1 Å². The normalized spacial score (nSPS) is 24.3. The number of nitrogens with one attached hydrogen (secondary N) is 2. The van der Waals surface area contributed by atoms with Crippen molar-refractivity contribution in [3.05, 3.63) is 58.0 Å². The number of nitrogens with zero attached hydrogens (tertiary/aromatic N) is 1. The number of carbonyl (C=O) groups excluding carboxylic acids is 2. The van der Waals surface area contributed by atoms with Crippen LogP contribution in [-0.4, -0.2) is 44.9 Å². The van der Waals surface area contributed by atoms with Gasteiger partial charge in [0.05, 0.1) is 15.6 Å². The van der Waals surface area contributed by atoms with Gasteiger partial charge in [-0.25, -0.2) is 0 Å². The lowest BCUT2D eigenvalue weighted by Crippen LogP contribution is -2.52. The highest BCUT2D eigenvalue weighted by Gasteiger charge is 2.48. The van der Waals surface area contributed by atoms with Gasteiger partial charge in [0.1, 0.15) is 5.54 Å². The lowest BCUT2D eigenvalue weighted by atomic mass is 9.70. The van der Waals surface area contributed by atoms with Gasteiger partial charge in [-0.15, -0.1) is 11.3 Å². The summed E-state index contributed by atoms with van der Waals surface area (Å²) in [7, 11) is 3.90. The molecule has 1 aromatic heterocycles. The molecule has 8 N–H and O–H groups in total. The van der Waals surface area contributed by atoms with Crippen LogP contribution in [0.4, 0.5) is 11.4 Å². The third kappa shape index (κ3) is 3.39. The van der Waals surface area contributed by atoms with Crippen molar-refractivity contribution in [2.45, 2.75) is 30.5 Å². The summed E-state index contributed by atoms with van der Waals surface area (Å²) in [4.78, 5) is 29.5. The molecule has 0 bridgehead atoms. The van der Waals surface area contributed by atoms with Gasteiger partial charge in [-0.1, -0.05) is 18.2 Å². The van der Waals surface area contributed by atoms with E-state index < -0.39 is 11.6 Å². The third-order valence-corrected chi connectivity index (χ3v) is 8.24. The topological polar surface area (TPSA) is 140 Å². The standard InChI is InChI=1S/C25H30N6O2S/c1-31(2)15-7-5-13(6-8-15)25(28)16-9-10-17(26)21-18(16)19(20(27)23(25)32)22(34-21)24(33)30-14-4-3-11-29-12-14/h5-10,14,20,29H,3-4,11-12,26-28H2,1-2H3,(H,30,33). The number of nitrogen functional groups attached to an aromatic ring is 1. The number of nitrogens with two attached hydrogens (primary N) is 3. The summed E-state index contributed by atoms with van der Waals surface area (Å²) in [6.45, 7) is 1.67. The largest absolute Gasteiger partial charge is 0.398 e. The SMILES string of the molecule is CN(C)c1ccc(C2(N)C(=O)C(N)c3c(C(=O)NC4CCCNC4)sc4c(N)ccc2c34)cc1. The molecule has 34 heavy (non-hydrogen) atoms. The molecule has 3 unspecified atom stereocenters. The van der Waals surface area contributed by atoms with E-state index in [9.17, 15) is 9.59 Å². The summed E-state index contributed by atoms with van der Waals surface area (Å²) >= 11 is 1.28. The quantitative estimate of drug-likeness (QED) is 0.360. The van der Waals surface area contributed by atoms with E-state index in [1.165, 1.54) is 11.3 Å². The molecule has 1 aliphatic carbocycles. The molecule has 3 aromatic rings. The number of ketones is 1. The first-order valence-electron chi connectivity index (χ1n) is 11.5. The fourth-order valence-electron chi connectivity index (χ4n) is 5.10. The van der Waals surface area contributed by atoms with Gasteiger partial charge >= 0.3 is 0 Å². The molecule has 0 radical (unpaired) electrons. The first-order chi connectivity index (χ1) is 16.2. The lowest BCUT2D eigenvalue weighted by Gasteiger charge is -2.36. The molecule has 5 rings (SSSR count). The molecule has 178 valence electrons. The van der Waals surface area contributed by atoms with Gasteiger partial charge in [-0.3, -0.25) is 9.59 Å². The fourth-order valence-corrected chi connectivity index (χ4v) is 6.30. The van der Waals surface area contributed by atoms with E-state index in [0.717, 1.165) is 41.7 Å². The summed E-state index contributed by atoms with van der Waals surface area (Å²) in [5.41, 5.74) is 21.7. The zero-order valence-electron chi connectivity index (χ0n) is 19.4. The molecule has 1 aliphatic heterocycles. The first kappa shape index (κ1) is 22.8. The smallest absolute Gasteiger partial charge is 0.262 e. The number of hydrogen-bond acceptors (Lipinski definition) is 8. The van der Waals surface area contributed by atoms with Crippen molar-refractivity contribution in [3.63, 3.8) is 0 Å². The summed E-state index contributed by atoms with van der Waals surface area (Å²) in [6.07, 6.45) is 1.91. The third-order valence-electron chi connectivity index (χ3n) is 6.99. The van der Waals surface area contributed by atoms with Crippen molar-refractivity contribution in [1.82, 2.24) is 10.6 Å². The van der Waals surface area contributed by atoms with Crippen LogP contribution < -0.4 is 32.7 Å². The van der Waals surface area contributed by atoms with E-state index in [1.54, 1.807) is 12.1 Å². The van der Waals surface area contributed by atoms with Crippen LogP contribution in [0.1, 0.15) is 45.2 Å². The fraction of sp³-hybridized carbons (Fsp3) is 0.360. The highest BCUT2D eigenvalue weighted by molar-refractivity contribution is 7.21. The number of piperidine rings is 1. The Morgan fingerprint density at radius 3 is 2.59 bits per heavy atom. The minimum absolute atomic E-state index is 0.0369. The van der Waals surface area contributed by atoms with E-state index in [4.69, 9.17) is 17.2 Å². The second-order valence-corrected chi connectivity index (χ2v) is 10.4. The van der Waals surface area contributed by atoms with Crippen LogP contribution in [-0.2, 0) is 10.3 Å². The minimum atomic E-state index is -1.44. The maximum atomic E-state index is 13.8. The van der Waals surface area contributed by atoms with Crippen LogP contribution in [0.5, 0.6) is 0 Å². The van der Waals surface area contributed by atoms with E-state index in [0.29, 0.717) is 27.3 Å². The maximum absolute atomic E-state index is 13.8. The Kier molecular flexibility index (Phi) is 5.60. The maximum Gasteiger partial charge on any atom is 0.262 e. The Morgan fingerprint density at radius 2 is 1.94 bits per heavy atom. The van der Waals surface area contributed by atoms with Gasteiger partial charge in [0.15, 0.2) is 5.78 Å². The van der Waals surface area contributed by atoms with Crippen molar-refractivity contribution in [2.24, 2.45) is 11.5 Å². The minimum Gasteiger partial charge on any atom is -0.398 e. The number of rotatable bonds is 4. The average molecular weight is 479 g/mol. The molecule has 1 saturated heterocycles. The second kappa shape index (κ2) is 8.35. The van der Waals surface area contributed by atoms with Crippen LogP contribution in [0.15, 0.2) is 36.4 Å². The summed E-state index contributed by atoms with van der Waals surface area (Å²) in [5.74, 6) is -0.561. The van der Waals surface area contributed by atoms with Crippen LogP contribution in [0, 0.1) is 0 Å². The van der Waals surface area contributed by atoms with Gasteiger partial charge < -0.3 is 32.7 Å². The summed E-state index contributed by atoms with van der Waals surface area (Å²) < 4.78 is 0.738. The Labute approximate surface area is 202 Å². The zero-order valence-corrected chi connectivity index (χ0v) is 20.2. The number of carbonyl (C=O) groups is 2. The Bertz CT molecular complexity index is 1280. The molecule has 9 heteroatoms. The molecule has 2 aromatic carbocycles.